The van der Waals surface area contributed by atoms with E-state index in [-0.39, 0.29) is 11.3 Å². The molecule has 0 bridgehead atoms. The number of benzene rings is 1. The number of carbonyl (C=O) groups excluding carboxylic acids is 1. The van der Waals surface area contributed by atoms with E-state index in [1.165, 1.54) is 5.56 Å². The lowest BCUT2D eigenvalue weighted by atomic mass is 9.83. The average Bonchev–Trinajstić information content (AvgIpc) is 2.47. The fourth-order valence-electron chi connectivity index (χ4n) is 2.04. The third-order valence-corrected chi connectivity index (χ3v) is 2.77. The molecule has 1 aromatic carbocycles. The van der Waals surface area contributed by atoms with Crippen molar-refractivity contribution < 1.29 is 4.79 Å². The predicted octanol–water partition coefficient (Wildman–Crippen LogP) is 1.76. The van der Waals surface area contributed by atoms with Crippen LogP contribution < -0.4 is 5.32 Å². The Hall–Kier alpha value is -1.31. The molecular weight excluding hydrogens is 174 g/mol. The van der Waals surface area contributed by atoms with E-state index in [0.29, 0.717) is 6.42 Å². The highest BCUT2D eigenvalue weighted by atomic mass is 16.1. The second-order valence-corrected chi connectivity index (χ2v) is 4.43. The van der Waals surface area contributed by atoms with Gasteiger partial charge in [-0.25, -0.2) is 0 Å². The molecule has 1 aliphatic rings. The van der Waals surface area contributed by atoms with Crippen LogP contribution in [-0.2, 0) is 11.2 Å². The van der Waals surface area contributed by atoms with Gasteiger partial charge in [0.15, 0.2) is 0 Å². The lowest BCUT2D eigenvalue weighted by molar-refractivity contribution is -0.119. The van der Waals surface area contributed by atoms with E-state index in [1.807, 2.05) is 18.2 Å². The van der Waals surface area contributed by atoms with Crippen LogP contribution in [0.1, 0.15) is 18.9 Å². The lowest BCUT2D eigenvalue weighted by Gasteiger charge is -2.20. The summed E-state index contributed by atoms with van der Waals surface area (Å²) in [6.45, 7) is 2.97. The Labute approximate surface area is 84.3 Å². The summed E-state index contributed by atoms with van der Waals surface area (Å²) >= 11 is 0. The molecule has 1 fully saturated rings. The SMILES string of the molecule is C[C@]1(Cc2ccccc2)CNC(=O)C1. The normalized spacial score (nSPS) is 26.2. The molecule has 14 heavy (non-hydrogen) atoms. The van der Waals surface area contributed by atoms with Crippen LogP contribution in [-0.4, -0.2) is 12.5 Å². The Bertz CT molecular complexity index is 333. The molecule has 0 unspecified atom stereocenters. The van der Waals surface area contributed by atoms with Crippen LogP contribution in [0.5, 0.6) is 0 Å². The average molecular weight is 189 g/mol. The number of hydrogen-bond donors (Lipinski definition) is 1. The Morgan fingerprint density at radius 2 is 2.07 bits per heavy atom. The molecule has 0 aromatic heterocycles. The first-order valence-electron chi connectivity index (χ1n) is 4.99. The number of nitrogens with one attached hydrogen (secondary N) is 1. The Balaban J connectivity index is 2.08. The zero-order chi connectivity index (χ0) is 10.0. The first kappa shape index (κ1) is 9.25. The summed E-state index contributed by atoms with van der Waals surface area (Å²) in [5, 5.41) is 2.89. The molecule has 1 aliphatic heterocycles. The number of hydrogen-bond acceptors (Lipinski definition) is 1. The van der Waals surface area contributed by atoms with Gasteiger partial charge in [-0.3, -0.25) is 4.79 Å². The van der Waals surface area contributed by atoms with Crippen LogP contribution in [0, 0.1) is 5.41 Å². The van der Waals surface area contributed by atoms with E-state index in [0.717, 1.165) is 13.0 Å². The summed E-state index contributed by atoms with van der Waals surface area (Å²) in [5.74, 6) is 0.184. The molecule has 2 rings (SSSR count). The largest absolute Gasteiger partial charge is 0.356 e. The van der Waals surface area contributed by atoms with Crippen molar-refractivity contribution in [3.63, 3.8) is 0 Å². The van der Waals surface area contributed by atoms with Gasteiger partial charge in [-0.05, 0) is 17.4 Å². The van der Waals surface area contributed by atoms with E-state index < -0.39 is 0 Å². The van der Waals surface area contributed by atoms with Crippen LogP contribution >= 0.6 is 0 Å². The molecule has 1 amide bonds. The highest BCUT2D eigenvalue weighted by Gasteiger charge is 2.33. The number of rotatable bonds is 2. The summed E-state index contributed by atoms with van der Waals surface area (Å²) < 4.78 is 0. The van der Waals surface area contributed by atoms with E-state index in [1.54, 1.807) is 0 Å². The van der Waals surface area contributed by atoms with Crippen molar-refractivity contribution in [2.24, 2.45) is 5.41 Å². The second kappa shape index (κ2) is 3.45. The third-order valence-electron chi connectivity index (χ3n) is 2.77. The molecule has 2 heteroatoms. The van der Waals surface area contributed by atoms with Gasteiger partial charge >= 0.3 is 0 Å². The molecule has 1 atom stereocenters. The van der Waals surface area contributed by atoms with Crippen molar-refractivity contribution in [3.8, 4) is 0 Å². The van der Waals surface area contributed by atoms with Crippen LogP contribution in [0.15, 0.2) is 30.3 Å². The van der Waals surface area contributed by atoms with Crippen molar-refractivity contribution in [3.05, 3.63) is 35.9 Å². The highest BCUT2D eigenvalue weighted by molar-refractivity contribution is 5.79. The van der Waals surface area contributed by atoms with E-state index in [2.05, 4.69) is 24.4 Å². The van der Waals surface area contributed by atoms with Crippen molar-refractivity contribution in [2.75, 3.05) is 6.54 Å². The van der Waals surface area contributed by atoms with Gasteiger partial charge in [0.1, 0.15) is 0 Å². The predicted molar refractivity (Wildman–Crippen MR) is 55.9 cm³/mol. The van der Waals surface area contributed by atoms with Gasteiger partial charge in [0, 0.05) is 13.0 Å². The summed E-state index contributed by atoms with van der Waals surface area (Å²) in [6, 6.07) is 10.3. The second-order valence-electron chi connectivity index (χ2n) is 4.43. The molecule has 0 aliphatic carbocycles. The first-order chi connectivity index (χ1) is 6.68. The Kier molecular flexibility index (Phi) is 2.28. The third kappa shape index (κ3) is 1.95. The molecular formula is C12H15NO. The van der Waals surface area contributed by atoms with Crippen LogP contribution in [0.2, 0.25) is 0 Å². The van der Waals surface area contributed by atoms with Crippen LogP contribution in [0.4, 0.5) is 0 Å². The Morgan fingerprint density at radius 3 is 2.64 bits per heavy atom. The van der Waals surface area contributed by atoms with Crippen LogP contribution in [0.25, 0.3) is 0 Å². The van der Waals surface area contributed by atoms with Gasteiger partial charge in [0.25, 0.3) is 0 Å². The van der Waals surface area contributed by atoms with E-state index in [4.69, 9.17) is 0 Å². The quantitative estimate of drug-likeness (QED) is 0.754. The monoisotopic (exact) mass is 189 g/mol. The number of amides is 1. The topological polar surface area (TPSA) is 29.1 Å². The fraction of sp³-hybridized carbons (Fsp3) is 0.417. The summed E-state index contributed by atoms with van der Waals surface area (Å²) in [4.78, 5) is 11.1. The fourth-order valence-corrected chi connectivity index (χ4v) is 2.04. The van der Waals surface area contributed by atoms with E-state index in [9.17, 15) is 4.79 Å². The highest BCUT2D eigenvalue weighted by Crippen LogP contribution is 2.29. The van der Waals surface area contributed by atoms with Gasteiger partial charge in [-0.1, -0.05) is 37.3 Å². The van der Waals surface area contributed by atoms with Gasteiger partial charge in [-0.2, -0.15) is 0 Å². The molecule has 0 radical (unpaired) electrons. The summed E-state index contributed by atoms with van der Waals surface area (Å²) in [5.41, 5.74) is 1.42. The maximum atomic E-state index is 11.1. The zero-order valence-corrected chi connectivity index (χ0v) is 8.42. The Morgan fingerprint density at radius 1 is 1.36 bits per heavy atom. The van der Waals surface area contributed by atoms with E-state index >= 15 is 0 Å². The van der Waals surface area contributed by atoms with Crippen molar-refractivity contribution in [2.45, 2.75) is 19.8 Å². The molecule has 1 N–H and O–H groups in total. The standard InChI is InChI=1S/C12H15NO/c1-12(8-11(14)13-9-12)7-10-5-3-2-4-6-10/h2-6H,7-9H2,1H3,(H,13,14)/t12-/m1/s1. The maximum Gasteiger partial charge on any atom is 0.220 e. The maximum absolute atomic E-state index is 11.1. The molecule has 74 valence electrons. The molecule has 2 nitrogen and oxygen atoms in total. The smallest absolute Gasteiger partial charge is 0.220 e. The molecule has 0 spiro atoms. The van der Waals surface area contributed by atoms with Gasteiger partial charge in [0.2, 0.25) is 5.91 Å². The van der Waals surface area contributed by atoms with Gasteiger partial charge in [0.05, 0.1) is 0 Å². The molecule has 0 saturated carbocycles. The van der Waals surface area contributed by atoms with Crippen molar-refractivity contribution >= 4 is 5.91 Å². The zero-order valence-electron chi connectivity index (χ0n) is 8.42. The summed E-state index contributed by atoms with van der Waals surface area (Å²) in [7, 11) is 0. The van der Waals surface area contributed by atoms with Crippen molar-refractivity contribution in [1.29, 1.82) is 0 Å². The number of carbonyl (C=O) groups is 1. The minimum Gasteiger partial charge on any atom is -0.356 e. The van der Waals surface area contributed by atoms with Crippen molar-refractivity contribution in [1.82, 2.24) is 5.32 Å². The van der Waals surface area contributed by atoms with Gasteiger partial charge in [-0.15, -0.1) is 0 Å². The van der Waals surface area contributed by atoms with Crippen LogP contribution in [0.3, 0.4) is 0 Å². The molecule has 1 aromatic rings. The lowest BCUT2D eigenvalue weighted by Crippen LogP contribution is -2.22. The van der Waals surface area contributed by atoms with Gasteiger partial charge < -0.3 is 5.32 Å². The summed E-state index contributed by atoms with van der Waals surface area (Å²) in [6.07, 6.45) is 1.63. The minimum absolute atomic E-state index is 0.110. The molecule has 1 saturated heterocycles. The first-order valence-corrected chi connectivity index (χ1v) is 4.99. The minimum atomic E-state index is 0.110. The molecule has 1 heterocycles.